The first-order chi connectivity index (χ1) is 8.24. The number of aromatic nitrogens is 2. The molecule has 0 aliphatic carbocycles. The van der Waals surface area contributed by atoms with E-state index in [0.29, 0.717) is 18.7 Å². The van der Waals surface area contributed by atoms with E-state index in [2.05, 4.69) is 15.3 Å². The monoisotopic (exact) mass is 231 g/mol. The van der Waals surface area contributed by atoms with Gasteiger partial charge >= 0.3 is 0 Å². The molecule has 1 amide bonds. The van der Waals surface area contributed by atoms with Gasteiger partial charge in [-0.05, 0) is 19.1 Å². The van der Waals surface area contributed by atoms with Gasteiger partial charge in [-0.2, -0.15) is 0 Å². The smallest absolute Gasteiger partial charge is 0.226 e. The van der Waals surface area contributed by atoms with E-state index in [-0.39, 0.29) is 5.91 Å². The lowest BCUT2D eigenvalue weighted by atomic mass is 10.2. The van der Waals surface area contributed by atoms with Crippen molar-refractivity contribution in [2.24, 2.45) is 0 Å². The maximum absolute atomic E-state index is 11.6. The zero-order valence-corrected chi connectivity index (χ0v) is 9.51. The van der Waals surface area contributed by atoms with Gasteiger partial charge in [0.15, 0.2) is 5.82 Å². The summed E-state index contributed by atoms with van der Waals surface area (Å²) >= 11 is 0. The van der Waals surface area contributed by atoms with Gasteiger partial charge in [0.25, 0.3) is 0 Å². The van der Waals surface area contributed by atoms with Crippen LogP contribution in [0.4, 0.5) is 5.82 Å². The molecule has 0 saturated carbocycles. The number of hydrogen-bond donors (Lipinski definition) is 1. The standard InChI is InChI=1S/C12H13N3O2/c1-9-2-3-10(17-9)4-5-12(16)15-11-8-13-6-7-14-11/h2-3,6-8H,4-5H2,1H3,(H,14,15,16). The van der Waals surface area contributed by atoms with E-state index in [1.807, 2.05) is 19.1 Å². The molecule has 2 aromatic rings. The minimum atomic E-state index is -0.0976. The lowest BCUT2D eigenvalue weighted by molar-refractivity contribution is -0.116. The van der Waals surface area contributed by atoms with Gasteiger partial charge in [0, 0.05) is 25.2 Å². The Hall–Kier alpha value is -2.17. The highest BCUT2D eigenvalue weighted by atomic mass is 16.3. The van der Waals surface area contributed by atoms with E-state index in [9.17, 15) is 4.79 Å². The number of aryl methyl sites for hydroxylation is 2. The molecule has 0 bridgehead atoms. The third-order valence-electron chi connectivity index (χ3n) is 2.23. The molecule has 0 aliphatic rings. The summed E-state index contributed by atoms with van der Waals surface area (Å²) in [4.78, 5) is 19.4. The largest absolute Gasteiger partial charge is 0.466 e. The number of rotatable bonds is 4. The molecule has 0 aromatic carbocycles. The average molecular weight is 231 g/mol. The van der Waals surface area contributed by atoms with Crippen LogP contribution in [0.25, 0.3) is 0 Å². The molecule has 0 aliphatic heterocycles. The van der Waals surface area contributed by atoms with Crippen LogP contribution in [0, 0.1) is 6.92 Å². The molecule has 0 saturated heterocycles. The van der Waals surface area contributed by atoms with Gasteiger partial charge in [-0.1, -0.05) is 0 Å². The van der Waals surface area contributed by atoms with Crippen molar-refractivity contribution in [3.63, 3.8) is 0 Å². The summed E-state index contributed by atoms with van der Waals surface area (Å²) in [7, 11) is 0. The van der Waals surface area contributed by atoms with Crippen molar-refractivity contribution in [3.05, 3.63) is 42.2 Å². The first kappa shape index (κ1) is 11.3. The van der Waals surface area contributed by atoms with Crippen LogP contribution in [0.2, 0.25) is 0 Å². The second-order valence-corrected chi connectivity index (χ2v) is 3.65. The highest BCUT2D eigenvalue weighted by Crippen LogP contribution is 2.09. The van der Waals surface area contributed by atoms with E-state index >= 15 is 0 Å². The van der Waals surface area contributed by atoms with Crippen LogP contribution >= 0.6 is 0 Å². The molecule has 0 atom stereocenters. The number of furan rings is 1. The van der Waals surface area contributed by atoms with Crippen molar-refractivity contribution in [2.45, 2.75) is 19.8 Å². The quantitative estimate of drug-likeness (QED) is 0.873. The summed E-state index contributed by atoms with van der Waals surface area (Å²) in [6, 6.07) is 3.76. The first-order valence-electron chi connectivity index (χ1n) is 5.35. The Balaban J connectivity index is 1.82. The van der Waals surface area contributed by atoms with Crippen molar-refractivity contribution in [1.82, 2.24) is 9.97 Å². The number of carbonyl (C=O) groups excluding carboxylic acids is 1. The molecular weight excluding hydrogens is 218 g/mol. The summed E-state index contributed by atoms with van der Waals surface area (Å²) in [5.74, 6) is 2.04. The van der Waals surface area contributed by atoms with E-state index in [4.69, 9.17) is 4.42 Å². The second-order valence-electron chi connectivity index (χ2n) is 3.65. The number of hydrogen-bond acceptors (Lipinski definition) is 4. The Morgan fingerprint density at radius 1 is 1.41 bits per heavy atom. The van der Waals surface area contributed by atoms with Gasteiger partial charge in [0.2, 0.25) is 5.91 Å². The summed E-state index contributed by atoms with van der Waals surface area (Å²) < 4.78 is 5.38. The summed E-state index contributed by atoms with van der Waals surface area (Å²) in [5, 5.41) is 2.66. The van der Waals surface area contributed by atoms with Gasteiger partial charge < -0.3 is 9.73 Å². The third-order valence-corrected chi connectivity index (χ3v) is 2.23. The molecular formula is C12H13N3O2. The highest BCUT2D eigenvalue weighted by Gasteiger charge is 2.05. The second kappa shape index (κ2) is 5.25. The van der Waals surface area contributed by atoms with Crippen molar-refractivity contribution in [2.75, 3.05) is 5.32 Å². The van der Waals surface area contributed by atoms with Crippen LogP contribution in [0.1, 0.15) is 17.9 Å². The fourth-order valence-electron chi connectivity index (χ4n) is 1.43. The molecule has 5 nitrogen and oxygen atoms in total. The Morgan fingerprint density at radius 3 is 2.94 bits per heavy atom. The number of carbonyl (C=O) groups is 1. The Labute approximate surface area is 98.9 Å². The van der Waals surface area contributed by atoms with Crippen molar-refractivity contribution in [1.29, 1.82) is 0 Å². The topological polar surface area (TPSA) is 68.0 Å². The van der Waals surface area contributed by atoms with Crippen LogP contribution < -0.4 is 5.32 Å². The van der Waals surface area contributed by atoms with Gasteiger partial charge in [-0.25, -0.2) is 4.98 Å². The van der Waals surface area contributed by atoms with E-state index in [1.54, 1.807) is 6.20 Å². The molecule has 5 heteroatoms. The molecule has 88 valence electrons. The molecule has 2 aromatic heterocycles. The molecule has 17 heavy (non-hydrogen) atoms. The van der Waals surface area contributed by atoms with E-state index in [1.165, 1.54) is 12.4 Å². The molecule has 2 heterocycles. The van der Waals surface area contributed by atoms with E-state index < -0.39 is 0 Å². The predicted octanol–water partition coefficient (Wildman–Crippen LogP) is 1.95. The van der Waals surface area contributed by atoms with Crippen LogP contribution in [0.5, 0.6) is 0 Å². The Bertz CT molecular complexity index is 493. The lowest BCUT2D eigenvalue weighted by Crippen LogP contribution is -2.13. The third kappa shape index (κ3) is 3.41. The van der Waals surface area contributed by atoms with Crippen LogP contribution in [-0.4, -0.2) is 15.9 Å². The van der Waals surface area contributed by atoms with Gasteiger partial charge in [0.1, 0.15) is 11.5 Å². The van der Waals surface area contributed by atoms with Crippen LogP contribution in [0.3, 0.4) is 0 Å². The minimum Gasteiger partial charge on any atom is -0.466 e. The number of nitrogens with zero attached hydrogens (tertiary/aromatic N) is 2. The lowest BCUT2D eigenvalue weighted by Gasteiger charge is -2.02. The zero-order chi connectivity index (χ0) is 12.1. The summed E-state index contributed by atoms with van der Waals surface area (Å²) in [5.41, 5.74) is 0. The molecule has 0 radical (unpaired) electrons. The molecule has 0 spiro atoms. The van der Waals surface area contributed by atoms with Crippen LogP contribution in [-0.2, 0) is 11.2 Å². The number of amides is 1. The van der Waals surface area contributed by atoms with Gasteiger partial charge in [0.05, 0.1) is 6.20 Å². The number of nitrogens with one attached hydrogen (secondary N) is 1. The maximum Gasteiger partial charge on any atom is 0.226 e. The fourth-order valence-corrected chi connectivity index (χ4v) is 1.43. The first-order valence-corrected chi connectivity index (χ1v) is 5.35. The molecule has 0 unspecified atom stereocenters. The van der Waals surface area contributed by atoms with Crippen LogP contribution in [0.15, 0.2) is 35.1 Å². The SMILES string of the molecule is Cc1ccc(CCC(=O)Nc2cnccn2)o1. The zero-order valence-electron chi connectivity index (χ0n) is 9.51. The predicted molar refractivity (Wildman–Crippen MR) is 62.4 cm³/mol. The Morgan fingerprint density at radius 2 is 2.29 bits per heavy atom. The molecule has 1 N–H and O–H groups in total. The van der Waals surface area contributed by atoms with E-state index in [0.717, 1.165) is 11.5 Å². The normalized spacial score (nSPS) is 10.2. The summed E-state index contributed by atoms with van der Waals surface area (Å²) in [6.07, 6.45) is 5.55. The molecule has 2 rings (SSSR count). The maximum atomic E-state index is 11.6. The Kier molecular flexibility index (Phi) is 3.49. The van der Waals surface area contributed by atoms with Crippen molar-refractivity contribution < 1.29 is 9.21 Å². The highest BCUT2D eigenvalue weighted by molar-refractivity contribution is 5.89. The molecule has 0 fully saturated rings. The fraction of sp³-hybridized carbons (Fsp3) is 0.250. The van der Waals surface area contributed by atoms with Gasteiger partial charge in [-0.3, -0.25) is 9.78 Å². The number of anilines is 1. The average Bonchev–Trinajstić information content (AvgIpc) is 2.74. The van der Waals surface area contributed by atoms with Gasteiger partial charge in [-0.15, -0.1) is 0 Å². The van der Waals surface area contributed by atoms with Crippen molar-refractivity contribution in [3.8, 4) is 0 Å². The minimum absolute atomic E-state index is 0.0976. The summed E-state index contributed by atoms with van der Waals surface area (Å²) in [6.45, 7) is 1.88. The van der Waals surface area contributed by atoms with Crippen molar-refractivity contribution >= 4 is 11.7 Å².